The molecular formula is C15H15BClNO5S. The summed E-state index contributed by atoms with van der Waals surface area (Å²) >= 11 is 7.24. The van der Waals surface area contributed by atoms with Crippen molar-refractivity contribution in [1.82, 2.24) is 5.32 Å². The summed E-state index contributed by atoms with van der Waals surface area (Å²) in [6.07, 6.45) is 0.202. The molecule has 24 heavy (non-hydrogen) atoms. The number of rotatable bonds is 7. The van der Waals surface area contributed by atoms with Crippen LogP contribution in [0, 0.1) is 0 Å². The lowest BCUT2D eigenvalue weighted by Crippen LogP contribution is -2.48. The van der Waals surface area contributed by atoms with Crippen LogP contribution >= 0.6 is 22.9 Å². The summed E-state index contributed by atoms with van der Waals surface area (Å²) in [7, 11) is -1.78. The maximum Gasteiger partial charge on any atom is 0.475 e. The second-order valence-electron chi connectivity index (χ2n) is 5.17. The highest BCUT2D eigenvalue weighted by Gasteiger charge is 2.26. The number of aromatic carboxylic acids is 1. The molecule has 0 fully saturated rings. The zero-order valence-electron chi connectivity index (χ0n) is 12.5. The van der Waals surface area contributed by atoms with Gasteiger partial charge in [0.2, 0.25) is 5.91 Å². The quantitative estimate of drug-likeness (QED) is 0.553. The summed E-state index contributed by atoms with van der Waals surface area (Å²) in [5.41, 5.74) is 0.441. The number of halogens is 1. The molecule has 0 radical (unpaired) electrons. The van der Waals surface area contributed by atoms with E-state index in [4.69, 9.17) is 16.7 Å². The van der Waals surface area contributed by atoms with Crippen molar-refractivity contribution in [1.29, 1.82) is 0 Å². The minimum absolute atomic E-state index is 0.0608. The molecule has 0 saturated heterocycles. The maximum atomic E-state index is 12.0. The molecular weight excluding hydrogens is 352 g/mol. The summed E-state index contributed by atoms with van der Waals surface area (Å²) in [6, 6.07) is 8.00. The Morgan fingerprint density at radius 1 is 1.29 bits per heavy atom. The molecule has 1 aromatic carbocycles. The predicted molar refractivity (Wildman–Crippen MR) is 92.3 cm³/mol. The largest absolute Gasteiger partial charge is 0.478 e. The Morgan fingerprint density at radius 3 is 2.62 bits per heavy atom. The van der Waals surface area contributed by atoms with Gasteiger partial charge in [-0.15, -0.1) is 11.3 Å². The summed E-state index contributed by atoms with van der Waals surface area (Å²) < 4.78 is 0. The Labute approximate surface area is 147 Å². The number of hydrogen-bond acceptors (Lipinski definition) is 5. The van der Waals surface area contributed by atoms with E-state index in [1.165, 1.54) is 23.5 Å². The Morgan fingerprint density at radius 2 is 2.04 bits per heavy atom. The van der Waals surface area contributed by atoms with Crippen molar-refractivity contribution in [3.05, 3.63) is 56.7 Å². The molecule has 1 atom stereocenters. The van der Waals surface area contributed by atoms with Gasteiger partial charge in [-0.3, -0.25) is 4.79 Å². The van der Waals surface area contributed by atoms with Gasteiger partial charge in [0.15, 0.2) is 0 Å². The first-order valence-electron chi connectivity index (χ1n) is 7.06. The van der Waals surface area contributed by atoms with Crippen molar-refractivity contribution in [2.24, 2.45) is 0 Å². The van der Waals surface area contributed by atoms with Gasteiger partial charge < -0.3 is 20.5 Å². The summed E-state index contributed by atoms with van der Waals surface area (Å²) in [6.45, 7) is 0. The van der Waals surface area contributed by atoms with E-state index in [1.54, 1.807) is 6.07 Å². The number of thiophene rings is 1. The van der Waals surface area contributed by atoms with Gasteiger partial charge in [0, 0.05) is 4.88 Å². The zero-order valence-corrected chi connectivity index (χ0v) is 14.0. The van der Waals surface area contributed by atoms with Crippen LogP contribution < -0.4 is 5.32 Å². The SMILES string of the molecule is O=C(Cc1cccs1)N[C@@H](Cc1ccc(Cl)c(C(=O)O)c1)B(O)O. The molecule has 2 aromatic rings. The second kappa shape index (κ2) is 8.30. The highest BCUT2D eigenvalue weighted by Crippen LogP contribution is 2.19. The molecule has 0 unspecified atom stereocenters. The zero-order chi connectivity index (χ0) is 17.7. The minimum atomic E-state index is -1.78. The van der Waals surface area contributed by atoms with E-state index in [0.29, 0.717) is 5.56 Å². The van der Waals surface area contributed by atoms with E-state index in [-0.39, 0.29) is 29.3 Å². The highest BCUT2D eigenvalue weighted by atomic mass is 35.5. The van der Waals surface area contributed by atoms with Crippen molar-refractivity contribution in [2.75, 3.05) is 0 Å². The third-order valence-electron chi connectivity index (χ3n) is 3.34. The maximum absolute atomic E-state index is 12.0. The van der Waals surface area contributed by atoms with Gasteiger partial charge in [0.1, 0.15) is 0 Å². The van der Waals surface area contributed by atoms with Crippen molar-refractivity contribution in [3.8, 4) is 0 Å². The number of nitrogens with one attached hydrogen (secondary N) is 1. The number of hydrogen-bond donors (Lipinski definition) is 4. The van der Waals surface area contributed by atoms with Gasteiger partial charge in [-0.1, -0.05) is 23.7 Å². The van der Waals surface area contributed by atoms with Crippen LogP contribution in [-0.4, -0.2) is 40.1 Å². The van der Waals surface area contributed by atoms with Crippen molar-refractivity contribution >= 4 is 41.9 Å². The molecule has 0 saturated carbocycles. The van der Waals surface area contributed by atoms with Crippen molar-refractivity contribution < 1.29 is 24.7 Å². The van der Waals surface area contributed by atoms with Gasteiger partial charge >= 0.3 is 13.1 Å². The fraction of sp³-hybridized carbons (Fsp3) is 0.200. The molecule has 0 aliphatic heterocycles. The lowest BCUT2D eigenvalue weighted by atomic mass is 9.75. The standard InChI is InChI=1S/C15H15BClNO5S/c17-12-4-3-9(6-11(12)15(20)21)7-13(16(22)23)18-14(19)8-10-2-1-5-24-10/h1-6,13,22-23H,7-8H2,(H,18,19)(H,20,21)/t13-/m0/s1. The Balaban J connectivity index is 2.07. The molecule has 126 valence electrons. The van der Waals surface area contributed by atoms with Crippen molar-refractivity contribution in [3.63, 3.8) is 0 Å². The van der Waals surface area contributed by atoms with Gasteiger partial charge in [-0.25, -0.2) is 4.79 Å². The fourth-order valence-electron chi connectivity index (χ4n) is 2.18. The molecule has 1 heterocycles. The van der Waals surface area contributed by atoms with Gasteiger partial charge in [-0.2, -0.15) is 0 Å². The molecule has 0 bridgehead atoms. The van der Waals surface area contributed by atoms with Crippen molar-refractivity contribution in [2.45, 2.75) is 18.8 Å². The molecule has 6 nitrogen and oxygen atoms in total. The van der Waals surface area contributed by atoms with Crippen LogP contribution in [0.15, 0.2) is 35.7 Å². The van der Waals surface area contributed by atoms with E-state index in [2.05, 4.69) is 5.32 Å². The fourth-order valence-corrected chi connectivity index (χ4v) is 3.08. The summed E-state index contributed by atoms with van der Waals surface area (Å²) in [5.74, 6) is -2.48. The van der Waals surface area contributed by atoms with Crippen LogP contribution in [0.2, 0.25) is 5.02 Å². The van der Waals surface area contributed by atoms with E-state index in [9.17, 15) is 19.6 Å². The minimum Gasteiger partial charge on any atom is -0.478 e. The van der Waals surface area contributed by atoms with E-state index < -0.39 is 19.0 Å². The molecule has 4 N–H and O–H groups in total. The van der Waals surface area contributed by atoms with E-state index >= 15 is 0 Å². The molecule has 9 heteroatoms. The lowest BCUT2D eigenvalue weighted by molar-refractivity contribution is -0.120. The van der Waals surface area contributed by atoms with Crippen LogP contribution in [0.4, 0.5) is 0 Å². The molecule has 0 aliphatic carbocycles. The van der Waals surface area contributed by atoms with Gasteiger partial charge in [0.25, 0.3) is 0 Å². The summed E-state index contributed by atoms with van der Waals surface area (Å²) in [5, 5.41) is 32.5. The third-order valence-corrected chi connectivity index (χ3v) is 4.54. The van der Waals surface area contributed by atoms with Crippen LogP contribution in [0.25, 0.3) is 0 Å². The predicted octanol–water partition coefficient (Wildman–Crippen LogP) is 1.38. The van der Waals surface area contributed by atoms with Crippen LogP contribution in [0.5, 0.6) is 0 Å². The lowest BCUT2D eigenvalue weighted by Gasteiger charge is -2.18. The molecule has 1 aromatic heterocycles. The summed E-state index contributed by atoms with van der Waals surface area (Å²) in [4.78, 5) is 24.0. The average molecular weight is 368 g/mol. The molecule has 1 amide bonds. The monoisotopic (exact) mass is 367 g/mol. The van der Waals surface area contributed by atoms with Crippen LogP contribution in [0.1, 0.15) is 20.8 Å². The average Bonchev–Trinajstić information content (AvgIpc) is 3.00. The smallest absolute Gasteiger partial charge is 0.475 e. The third kappa shape index (κ3) is 5.07. The number of carbonyl (C=O) groups is 2. The number of benzene rings is 1. The van der Waals surface area contributed by atoms with E-state index in [1.807, 2.05) is 17.5 Å². The number of amides is 1. The molecule has 0 spiro atoms. The first-order chi connectivity index (χ1) is 11.4. The number of carbonyl (C=O) groups excluding carboxylic acids is 1. The molecule has 2 rings (SSSR count). The number of carboxylic acids is 1. The highest BCUT2D eigenvalue weighted by molar-refractivity contribution is 7.10. The second-order valence-corrected chi connectivity index (χ2v) is 6.61. The van der Waals surface area contributed by atoms with E-state index in [0.717, 1.165) is 4.88 Å². The number of carboxylic acid groups (broad SMARTS) is 1. The topological polar surface area (TPSA) is 107 Å². The first kappa shape index (κ1) is 18.5. The Kier molecular flexibility index (Phi) is 6.39. The Hall–Kier alpha value is -1.87. The van der Waals surface area contributed by atoms with Gasteiger partial charge in [-0.05, 0) is 35.6 Å². The Bertz CT molecular complexity index is 723. The molecule has 0 aliphatic rings. The van der Waals surface area contributed by atoms with Gasteiger partial charge in [0.05, 0.1) is 22.9 Å². The first-order valence-corrected chi connectivity index (χ1v) is 8.32. The van der Waals surface area contributed by atoms with Crippen LogP contribution in [-0.2, 0) is 17.6 Å². The normalized spacial score (nSPS) is 11.8. The van der Waals surface area contributed by atoms with Crippen LogP contribution in [0.3, 0.4) is 0 Å².